The lowest BCUT2D eigenvalue weighted by Gasteiger charge is -2.10. The average molecular weight is 249 g/mol. The van der Waals surface area contributed by atoms with E-state index in [9.17, 15) is 18.0 Å². The maximum absolute atomic E-state index is 11.9. The van der Waals surface area contributed by atoms with Gasteiger partial charge in [0.2, 0.25) is 5.88 Å². The Morgan fingerprint density at radius 3 is 2.65 bits per heavy atom. The van der Waals surface area contributed by atoms with Crippen LogP contribution in [0.15, 0.2) is 12.3 Å². The van der Waals surface area contributed by atoms with Crippen LogP contribution in [0.3, 0.4) is 0 Å². The van der Waals surface area contributed by atoms with Gasteiger partial charge in [0.15, 0.2) is 6.61 Å². The lowest BCUT2D eigenvalue weighted by molar-refractivity contribution is -0.154. The molecule has 0 aliphatic rings. The SMILES string of the molecule is Cc1cc(CC(=O)O)cnc1OCC(F)(F)F. The molecule has 0 saturated carbocycles. The van der Waals surface area contributed by atoms with E-state index in [2.05, 4.69) is 9.72 Å². The van der Waals surface area contributed by atoms with Crippen molar-refractivity contribution in [3.63, 3.8) is 0 Å². The summed E-state index contributed by atoms with van der Waals surface area (Å²) in [6, 6.07) is 1.44. The van der Waals surface area contributed by atoms with Crippen LogP contribution in [0.25, 0.3) is 0 Å². The predicted octanol–water partition coefficient (Wildman–Crippen LogP) is 1.96. The summed E-state index contributed by atoms with van der Waals surface area (Å²) in [4.78, 5) is 14.1. The maximum atomic E-state index is 11.9. The first kappa shape index (κ1) is 13.3. The zero-order valence-corrected chi connectivity index (χ0v) is 8.91. The van der Waals surface area contributed by atoms with Gasteiger partial charge in [0.05, 0.1) is 6.42 Å². The maximum Gasteiger partial charge on any atom is 0.422 e. The van der Waals surface area contributed by atoms with E-state index in [-0.39, 0.29) is 12.3 Å². The molecule has 94 valence electrons. The number of hydrogen-bond donors (Lipinski definition) is 1. The lowest BCUT2D eigenvalue weighted by atomic mass is 10.1. The van der Waals surface area contributed by atoms with Crippen LogP contribution < -0.4 is 4.74 Å². The molecule has 0 amide bonds. The van der Waals surface area contributed by atoms with Crippen molar-refractivity contribution in [1.29, 1.82) is 0 Å². The van der Waals surface area contributed by atoms with Crippen molar-refractivity contribution < 1.29 is 27.8 Å². The highest BCUT2D eigenvalue weighted by molar-refractivity contribution is 5.70. The summed E-state index contributed by atoms with van der Waals surface area (Å²) in [5.74, 6) is -1.17. The van der Waals surface area contributed by atoms with Crippen molar-refractivity contribution in [2.75, 3.05) is 6.61 Å². The second-order valence-electron chi connectivity index (χ2n) is 3.44. The van der Waals surface area contributed by atoms with Gasteiger partial charge in [0.1, 0.15) is 0 Å². The Kier molecular flexibility index (Phi) is 3.93. The van der Waals surface area contributed by atoms with Gasteiger partial charge in [-0.25, -0.2) is 4.98 Å². The van der Waals surface area contributed by atoms with Crippen LogP contribution in [0.4, 0.5) is 13.2 Å². The van der Waals surface area contributed by atoms with Crippen LogP contribution in [0.2, 0.25) is 0 Å². The molecule has 0 unspecified atom stereocenters. The number of hydrogen-bond acceptors (Lipinski definition) is 3. The molecule has 4 nitrogen and oxygen atoms in total. The third-order valence-electron chi connectivity index (χ3n) is 1.81. The largest absolute Gasteiger partial charge is 0.481 e. The molecular formula is C10H10F3NO3. The normalized spacial score (nSPS) is 11.3. The summed E-state index contributed by atoms with van der Waals surface area (Å²) >= 11 is 0. The van der Waals surface area contributed by atoms with E-state index in [1.807, 2.05) is 0 Å². The molecule has 1 N–H and O–H groups in total. The number of rotatable bonds is 4. The monoisotopic (exact) mass is 249 g/mol. The lowest BCUT2D eigenvalue weighted by Crippen LogP contribution is -2.20. The van der Waals surface area contributed by atoms with Crippen LogP contribution in [0, 0.1) is 6.92 Å². The molecular weight excluding hydrogens is 239 g/mol. The van der Waals surface area contributed by atoms with Gasteiger partial charge in [-0.1, -0.05) is 0 Å². The summed E-state index contributed by atoms with van der Waals surface area (Å²) in [7, 11) is 0. The minimum atomic E-state index is -4.42. The van der Waals surface area contributed by atoms with Gasteiger partial charge in [0.25, 0.3) is 0 Å². The van der Waals surface area contributed by atoms with E-state index in [0.717, 1.165) is 0 Å². The zero-order valence-electron chi connectivity index (χ0n) is 8.91. The molecule has 0 saturated heterocycles. The molecule has 0 aliphatic carbocycles. The Morgan fingerprint density at radius 2 is 2.18 bits per heavy atom. The van der Waals surface area contributed by atoms with Gasteiger partial charge in [0, 0.05) is 11.8 Å². The highest BCUT2D eigenvalue weighted by atomic mass is 19.4. The first-order valence-corrected chi connectivity index (χ1v) is 4.65. The van der Waals surface area contributed by atoms with Crippen LogP contribution in [0.1, 0.15) is 11.1 Å². The van der Waals surface area contributed by atoms with E-state index in [4.69, 9.17) is 5.11 Å². The first-order chi connectivity index (χ1) is 7.78. The van der Waals surface area contributed by atoms with Gasteiger partial charge < -0.3 is 9.84 Å². The number of carbonyl (C=O) groups is 1. The highest BCUT2D eigenvalue weighted by Gasteiger charge is 2.28. The van der Waals surface area contributed by atoms with Crippen molar-refractivity contribution in [2.24, 2.45) is 0 Å². The van der Waals surface area contributed by atoms with Crippen LogP contribution in [0.5, 0.6) is 5.88 Å². The van der Waals surface area contributed by atoms with E-state index < -0.39 is 18.8 Å². The van der Waals surface area contributed by atoms with E-state index in [0.29, 0.717) is 11.1 Å². The smallest absolute Gasteiger partial charge is 0.422 e. The molecule has 0 fully saturated rings. The molecule has 0 aromatic carbocycles. The number of carboxylic acids is 1. The van der Waals surface area contributed by atoms with Crippen molar-refractivity contribution in [1.82, 2.24) is 4.98 Å². The van der Waals surface area contributed by atoms with E-state index >= 15 is 0 Å². The van der Waals surface area contributed by atoms with Crippen molar-refractivity contribution >= 4 is 5.97 Å². The number of aryl methyl sites for hydroxylation is 1. The number of halogens is 3. The number of alkyl halides is 3. The zero-order chi connectivity index (χ0) is 13.1. The Morgan fingerprint density at radius 1 is 1.53 bits per heavy atom. The average Bonchev–Trinajstić information content (AvgIpc) is 2.13. The number of aromatic nitrogens is 1. The standard InChI is InChI=1S/C10H10F3NO3/c1-6-2-7(3-8(15)16)4-14-9(6)17-5-10(11,12)13/h2,4H,3,5H2,1H3,(H,15,16). The number of pyridine rings is 1. The van der Waals surface area contributed by atoms with Gasteiger partial charge >= 0.3 is 12.1 Å². The molecule has 1 heterocycles. The van der Waals surface area contributed by atoms with Crippen LogP contribution in [-0.4, -0.2) is 28.8 Å². The third kappa shape index (κ3) is 4.71. The molecule has 1 rings (SSSR count). The molecule has 0 spiro atoms. The number of nitrogens with zero attached hydrogens (tertiary/aromatic N) is 1. The molecule has 17 heavy (non-hydrogen) atoms. The third-order valence-corrected chi connectivity index (χ3v) is 1.81. The molecule has 0 radical (unpaired) electrons. The van der Waals surface area contributed by atoms with Crippen LogP contribution >= 0.6 is 0 Å². The van der Waals surface area contributed by atoms with Crippen LogP contribution in [-0.2, 0) is 11.2 Å². The Balaban J connectivity index is 2.73. The fourth-order valence-corrected chi connectivity index (χ4v) is 1.19. The topological polar surface area (TPSA) is 59.4 Å². The molecule has 1 aromatic rings. The summed E-state index contributed by atoms with van der Waals surface area (Å²) in [6.45, 7) is 0.0865. The minimum Gasteiger partial charge on any atom is -0.481 e. The first-order valence-electron chi connectivity index (χ1n) is 4.65. The minimum absolute atomic E-state index is 0.142. The second kappa shape index (κ2) is 5.03. The molecule has 0 atom stereocenters. The molecule has 0 bridgehead atoms. The van der Waals surface area contributed by atoms with Crippen molar-refractivity contribution in [2.45, 2.75) is 19.5 Å². The Hall–Kier alpha value is -1.79. The van der Waals surface area contributed by atoms with E-state index in [1.165, 1.54) is 19.2 Å². The molecule has 7 heteroatoms. The van der Waals surface area contributed by atoms with Gasteiger partial charge in [-0.15, -0.1) is 0 Å². The summed E-state index contributed by atoms with van der Waals surface area (Å²) in [5, 5.41) is 8.53. The van der Waals surface area contributed by atoms with E-state index in [1.54, 1.807) is 0 Å². The Bertz CT molecular complexity index is 418. The Labute approximate surface area is 95.0 Å². The molecule has 0 aliphatic heterocycles. The van der Waals surface area contributed by atoms with Crippen molar-refractivity contribution in [3.05, 3.63) is 23.4 Å². The quantitative estimate of drug-likeness (QED) is 0.886. The van der Waals surface area contributed by atoms with Gasteiger partial charge in [-0.2, -0.15) is 13.2 Å². The molecule has 1 aromatic heterocycles. The summed E-state index contributed by atoms with van der Waals surface area (Å²) < 4.78 is 40.2. The van der Waals surface area contributed by atoms with Crippen molar-refractivity contribution in [3.8, 4) is 5.88 Å². The van der Waals surface area contributed by atoms with Gasteiger partial charge in [-0.05, 0) is 18.6 Å². The highest BCUT2D eigenvalue weighted by Crippen LogP contribution is 2.20. The summed E-state index contributed by atoms with van der Waals surface area (Å²) in [6.07, 6.45) is -3.46. The number of ether oxygens (including phenoxy) is 1. The second-order valence-corrected chi connectivity index (χ2v) is 3.44. The number of aliphatic carboxylic acids is 1. The summed E-state index contributed by atoms with van der Waals surface area (Å²) in [5.41, 5.74) is 0.780. The fraction of sp³-hybridized carbons (Fsp3) is 0.400. The fourth-order valence-electron chi connectivity index (χ4n) is 1.19. The number of carboxylic acid groups (broad SMARTS) is 1. The predicted molar refractivity (Wildman–Crippen MR) is 51.9 cm³/mol. The van der Waals surface area contributed by atoms with Gasteiger partial charge in [-0.3, -0.25) is 4.79 Å².